The second-order valence-electron chi connectivity index (χ2n) is 7.12. The second-order valence-corrected chi connectivity index (χ2v) is 7.12. The van der Waals surface area contributed by atoms with Gasteiger partial charge in [0.25, 0.3) is 0 Å². The van der Waals surface area contributed by atoms with Crippen molar-refractivity contribution in [3.05, 3.63) is 59.4 Å². The van der Waals surface area contributed by atoms with Crippen molar-refractivity contribution >= 4 is 46.7 Å². The van der Waals surface area contributed by atoms with Crippen LogP contribution in [0.4, 0.5) is 5.82 Å². The van der Waals surface area contributed by atoms with E-state index in [0.29, 0.717) is 6.54 Å². The maximum absolute atomic E-state index is 4.68. The number of nitrogens with one attached hydrogen (secondary N) is 3. The maximum atomic E-state index is 4.68. The van der Waals surface area contributed by atoms with Crippen LogP contribution in [0, 0.1) is 6.92 Å². The Labute approximate surface area is 190 Å². The van der Waals surface area contributed by atoms with Crippen molar-refractivity contribution in [1.29, 1.82) is 0 Å². The fourth-order valence-electron chi connectivity index (χ4n) is 3.13. The number of hydrogen-bond acceptors (Lipinski definition) is 3. The van der Waals surface area contributed by atoms with E-state index in [2.05, 4.69) is 63.8 Å². The number of benzene rings is 1. The first-order valence-electron chi connectivity index (χ1n) is 9.79. The molecule has 156 valence electrons. The van der Waals surface area contributed by atoms with Gasteiger partial charge in [-0.25, -0.2) is 9.98 Å². The number of nitrogens with zero attached hydrogens (tertiary/aromatic N) is 3. The molecule has 0 aliphatic heterocycles. The third-order valence-corrected chi connectivity index (χ3v) is 4.60. The van der Waals surface area contributed by atoms with Gasteiger partial charge in [0.15, 0.2) is 5.96 Å². The molecule has 2 aromatic heterocycles. The van der Waals surface area contributed by atoms with Gasteiger partial charge in [-0.1, -0.05) is 18.2 Å². The third kappa shape index (κ3) is 6.35. The van der Waals surface area contributed by atoms with Gasteiger partial charge >= 0.3 is 0 Å². The number of fused-ring (bicyclic) bond motifs is 1. The zero-order chi connectivity index (χ0) is 19.9. The molecule has 0 radical (unpaired) electrons. The second kappa shape index (κ2) is 11.0. The number of aromatic amines is 1. The predicted molar refractivity (Wildman–Crippen MR) is 134 cm³/mol. The quantitative estimate of drug-likeness (QED) is 0.259. The van der Waals surface area contributed by atoms with E-state index in [4.69, 9.17) is 0 Å². The summed E-state index contributed by atoms with van der Waals surface area (Å²) in [4.78, 5) is 14.7. The average Bonchev–Trinajstić information content (AvgIpc) is 3.08. The highest BCUT2D eigenvalue weighted by Crippen LogP contribution is 2.19. The highest BCUT2D eigenvalue weighted by atomic mass is 127. The molecule has 3 N–H and O–H groups in total. The predicted octanol–water partition coefficient (Wildman–Crippen LogP) is 3.85. The smallest absolute Gasteiger partial charge is 0.191 e. The van der Waals surface area contributed by atoms with Gasteiger partial charge in [-0.15, -0.1) is 24.0 Å². The van der Waals surface area contributed by atoms with E-state index in [1.807, 2.05) is 37.2 Å². The molecule has 1 aromatic carbocycles. The van der Waals surface area contributed by atoms with Crippen molar-refractivity contribution in [3.63, 3.8) is 0 Å². The molecule has 0 bridgehead atoms. The number of hydrogen-bond donors (Lipinski definition) is 3. The fourth-order valence-corrected chi connectivity index (χ4v) is 3.13. The van der Waals surface area contributed by atoms with Gasteiger partial charge in [0.05, 0.1) is 12.2 Å². The van der Waals surface area contributed by atoms with Gasteiger partial charge in [-0.3, -0.25) is 0 Å². The van der Waals surface area contributed by atoms with Crippen LogP contribution in [-0.4, -0.2) is 43.1 Å². The number of pyridine rings is 1. The molecule has 0 amide bonds. The van der Waals surface area contributed by atoms with E-state index in [-0.39, 0.29) is 24.0 Å². The summed E-state index contributed by atoms with van der Waals surface area (Å²) in [5, 5.41) is 8.03. The minimum atomic E-state index is 0. The van der Waals surface area contributed by atoms with Gasteiger partial charge in [0, 0.05) is 44.3 Å². The average molecular weight is 506 g/mol. The summed E-state index contributed by atoms with van der Waals surface area (Å²) in [6.07, 6.45) is 3.04. The topological polar surface area (TPSA) is 68.3 Å². The lowest BCUT2D eigenvalue weighted by Gasteiger charge is -2.13. The van der Waals surface area contributed by atoms with Crippen LogP contribution in [-0.2, 0) is 13.0 Å². The van der Waals surface area contributed by atoms with Crippen molar-refractivity contribution in [2.75, 3.05) is 32.1 Å². The molecule has 3 aromatic rings. The van der Waals surface area contributed by atoms with Gasteiger partial charge in [-0.2, -0.15) is 0 Å². The molecule has 6 nitrogen and oxygen atoms in total. The molecule has 0 atom stereocenters. The summed E-state index contributed by atoms with van der Waals surface area (Å²) in [5.41, 5.74) is 4.74. The Bertz CT molecular complexity index is 947. The van der Waals surface area contributed by atoms with Crippen LogP contribution in [0.15, 0.2) is 47.6 Å². The number of halogens is 1. The van der Waals surface area contributed by atoms with Crippen molar-refractivity contribution in [2.45, 2.75) is 26.8 Å². The Morgan fingerprint density at radius 1 is 1.17 bits per heavy atom. The van der Waals surface area contributed by atoms with Gasteiger partial charge < -0.3 is 20.5 Å². The van der Waals surface area contributed by atoms with Crippen LogP contribution >= 0.6 is 24.0 Å². The lowest BCUT2D eigenvalue weighted by Crippen LogP contribution is -2.38. The van der Waals surface area contributed by atoms with Gasteiger partial charge in [-0.05, 0) is 49.6 Å². The number of aliphatic imine (C=N–C) groups is 1. The Balaban J connectivity index is 0.00000300. The molecule has 0 spiro atoms. The highest BCUT2D eigenvalue weighted by Gasteiger charge is 2.05. The number of H-pyrrole nitrogens is 1. The fraction of sp³-hybridized carbons (Fsp3) is 0.364. The number of rotatable bonds is 7. The van der Waals surface area contributed by atoms with Crippen molar-refractivity contribution in [3.8, 4) is 0 Å². The van der Waals surface area contributed by atoms with Crippen molar-refractivity contribution < 1.29 is 0 Å². The van der Waals surface area contributed by atoms with E-state index in [9.17, 15) is 0 Å². The summed E-state index contributed by atoms with van der Waals surface area (Å²) in [6, 6.07) is 12.6. The highest BCUT2D eigenvalue weighted by molar-refractivity contribution is 14.0. The van der Waals surface area contributed by atoms with Crippen LogP contribution in [0.1, 0.15) is 23.7 Å². The summed E-state index contributed by atoms with van der Waals surface area (Å²) < 4.78 is 0. The molecule has 0 aliphatic rings. The van der Waals surface area contributed by atoms with Crippen LogP contribution in [0.2, 0.25) is 0 Å². The summed E-state index contributed by atoms with van der Waals surface area (Å²) in [6.45, 7) is 6.37. The lowest BCUT2D eigenvalue weighted by molar-refractivity contribution is 0.798. The molecule has 3 rings (SSSR count). The first-order valence-corrected chi connectivity index (χ1v) is 9.79. The summed E-state index contributed by atoms with van der Waals surface area (Å²) in [7, 11) is 3.99. The molecule has 0 saturated heterocycles. The molecule has 7 heteroatoms. The van der Waals surface area contributed by atoms with Crippen LogP contribution in [0.5, 0.6) is 0 Å². The minimum Gasteiger partial charge on any atom is -0.363 e. The number of guanidine groups is 1. The molecule has 0 fully saturated rings. The van der Waals surface area contributed by atoms with Crippen molar-refractivity contribution in [2.24, 2.45) is 4.99 Å². The Morgan fingerprint density at radius 3 is 2.76 bits per heavy atom. The number of anilines is 1. The Kier molecular flexibility index (Phi) is 8.75. The van der Waals surface area contributed by atoms with E-state index < -0.39 is 0 Å². The molecule has 29 heavy (non-hydrogen) atoms. The zero-order valence-electron chi connectivity index (χ0n) is 17.6. The lowest BCUT2D eigenvalue weighted by atomic mass is 10.1. The minimum absolute atomic E-state index is 0. The SMILES string of the molecule is CCNC(=NCc1cccc(N(C)C)n1)NCCc1c[nH]c2cc(C)ccc12.I. The standard InChI is InChI=1S/C22H30N6.HI/c1-5-23-22(26-15-18-7-6-8-21(27-18)28(3)4)24-12-11-17-14-25-20-13-16(2)9-10-19(17)20;/h6-10,13-14,25H,5,11-12,15H2,1-4H3,(H2,23,24,26);1H. The van der Waals surface area contributed by atoms with E-state index >= 15 is 0 Å². The summed E-state index contributed by atoms with van der Waals surface area (Å²) in [5.74, 6) is 1.76. The molecular weight excluding hydrogens is 475 g/mol. The van der Waals surface area contributed by atoms with Crippen molar-refractivity contribution in [1.82, 2.24) is 20.6 Å². The molecular formula is C22H31IN6. The largest absolute Gasteiger partial charge is 0.363 e. The van der Waals surface area contributed by atoms with E-state index in [1.54, 1.807) is 0 Å². The number of aryl methyl sites for hydroxylation is 1. The maximum Gasteiger partial charge on any atom is 0.191 e. The first-order chi connectivity index (χ1) is 13.6. The first kappa shape index (κ1) is 23.0. The van der Waals surface area contributed by atoms with E-state index in [1.165, 1.54) is 22.0 Å². The van der Waals surface area contributed by atoms with Crippen LogP contribution in [0.25, 0.3) is 10.9 Å². The Hall–Kier alpha value is -2.29. The monoisotopic (exact) mass is 506 g/mol. The Morgan fingerprint density at radius 2 is 2.00 bits per heavy atom. The van der Waals surface area contributed by atoms with Crippen LogP contribution in [0.3, 0.4) is 0 Å². The van der Waals surface area contributed by atoms with Crippen LogP contribution < -0.4 is 15.5 Å². The van der Waals surface area contributed by atoms with E-state index in [0.717, 1.165) is 37.0 Å². The number of aromatic nitrogens is 2. The molecule has 0 unspecified atom stereocenters. The molecule has 2 heterocycles. The molecule has 0 aliphatic carbocycles. The van der Waals surface area contributed by atoms with Gasteiger partial charge in [0.2, 0.25) is 0 Å². The third-order valence-electron chi connectivity index (χ3n) is 4.60. The molecule has 0 saturated carbocycles. The summed E-state index contributed by atoms with van der Waals surface area (Å²) >= 11 is 0. The zero-order valence-corrected chi connectivity index (χ0v) is 20.0. The normalized spacial score (nSPS) is 11.2. The van der Waals surface area contributed by atoms with Gasteiger partial charge in [0.1, 0.15) is 5.82 Å².